The van der Waals surface area contributed by atoms with E-state index >= 15 is 0 Å². The highest BCUT2D eigenvalue weighted by Crippen LogP contribution is 2.15. The van der Waals surface area contributed by atoms with Crippen LogP contribution < -0.4 is 11.1 Å². The van der Waals surface area contributed by atoms with Gasteiger partial charge in [-0.25, -0.2) is 0 Å². The minimum atomic E-state index is 0.178. The number of hydrogen-bond donors (Lipinski definition) is 2. The summed E-state index contributed by atoms with van der Waals surface area (Å²) in [6, 6.07) is 8.85. The first-order chi connectivity index (χ1) is 7.94. The van der Waals surface area contributed by atoms with Crippen LogP contribution in [0.15, 0.2) is 24.3 Å². The van der Waals surface area contributed by atoms with Crippen LogP contribution in [0.3, 0.4) is 0 Å². The summed E-state index contributed by atoms with van der Waals surface area (Å²) in [6.45, 7) is 11.4. The molecular weight excluding hydrogens is 208 g/mol. The van der Waals surface area contributed by atoms with E-state index in [-0.39, 0.29) is 5.41 Å². The molecule has 0 aliphatic heterocycles. The van der Waals surface area contributed by atoms with Crippen LogP contribution in [0.1, 0.15) is 44.7 Å². The smallest absolute Gasteiger partial charge is 0.0205 e. The van der Waals surface area contributed by atoms with Crippen LogP contribution in [-0.2, 0) is 6.54 Å². The molecule has 0 saturated heterocycles. The molecule has 0 unspecified atom stereocenters. The summed E-state index contributed by atoms with van der Waals surface area (Å²) in [5.41, 5.74) is 8.61. The van der Waals surface area contributed by atoms with Crippen molar-refractivity contribution in [2.75, 3.05) is 13.1 Å². The van der Waals surface area contributed by atoms with Crippen molar-refractivity contribution in [3.63, 3.8) is 0 Å². The van der Waals surface area contributed by atoms with Gasteiger partial charge in [0.25, 0.3) is 0 Å². The normalized spacial score (nSPS) is 12.1. The Morgan fingerprint density at radius 1 is 1.18 bits per heavy atom. The molecule has 0 saturated carbocycles. The highest BCUT2D eigenvalue weighted by atomic mass is 14.9. The molecule has 0 fully saturated rings. The molecule has 0 aliphatic rings. The molecule has 0 amide bonds. The number of hydrogen-bond acceptors (Lipinski definition) is 2. The van der Waals surface area contributed by atoms with E-state index in [9.17, 15) is 0 Å². The number of benzene rings is 1. The minimum Gasteiger partial charge on any atom is -0.330 e. The lowest BCUT2D eigenvalue weighted by molar-refractivity contribution is 0.351. The Labute approximate surface area is 106 Å². The Morgan fingerprint density at radius 3 is 2.24 bits per heavy atom. The molecule has 0 aromatic heterocycles. The lowest BCUT2D eigenvalue weighted by atomic mass is 9.94. The SMILES string of the molecule is CC(C)c1ccc(CNCC(C)(C)CN)cc1. The standard InChI is InChI=1S/C15H26N2/c1-12(2)14-7-5-13(6-8-14)9-17-11-15(3,4)10-16/h5-8,12,17H,9-11,16H2,1-4H3. The van der Waals surface area contributed by atoms with Gasteiger partial charge in [0, 0.05) is 13.1 Å². The van der Waals surface area contributed by atoms with E-state index in [2.05, 4.69) is 57.3 Å². The molecule has 96 valence electrons. The Balaban J connectivity index is 2.42. The molecule has 0 aliphatic carbocycles. The minimum absolute atomic E-state index is 0.178. The highest BCUT2D eigenvalue weighted by Gasteiger charge is 2.14. The predicted molar refractivity (Wildman–Crippen MR) is 75.1 cm³/mol. The summed E-state index contributed by atoms with van der Waals surface area (Å²) in [6.07, 6.45) is 0. The van der Waals surface area contributed by atoms with Gasteiger partial charge < -0.3 is 11.1 Å². The van der Waals surface area contributed by atoms with E-state index in [1.807, 2.05) is 0 Å². The van der Waals surface area contributed by atoms with Crippen molar-refractivity contribution in [2.45, 2.75) is 40.2 Å². The zero-order chi connectivity index (χ0) is 12.9. The summed E-state index contributed by atoms with van der Waals surface area (Å²) in [7, 11) is 0. The Hall–Kier alpha value is -0.860. The lowest BCUT2D eigenvalue weighted by Crippen LogP contribution is -2.35. The Morgan fingerprint density at radius 2 is 1.76 bits per heavy atom. The van der Waals surface area contributed by atoms with Crippen molar-refractivity contribution in [1.29, 1.82) is 0 Å². The third-order valence-electron chi connectivity index (χ3n) is 3.13. The largest absolute Gasteiger partial charge is 0.330 e. The maximum Gasteiger partial charge on any atom is 0.0205 e. The molecular formula is C15H26N2. The van der Waals surface area contributed by atoms with Crippen molar-refractivity contribution in [3.05, 3.63) is 35.4 Å². The second-order valence-electron chi connectivity index (χ2n) is 5.87. The summed E-state index contributed by atoms with van der Waals surface area (Å²) < 4.78 is 0. The molecule has 1 aromatic rings. The van der Waals surface area contributed by atoms with Gasteiger partial charge in [0.1, 0.15) is 0 Å². The van der Waals surface area contributed by atoms with Gasteiger partial charge in [0.15, 0.2) is 0 Å². The van der Waals surface area contributed by atoms with Gasteiger partial charge >= 0.3 is 0 Å². The van der Waals surface area contributed by atoms with E-state index in [4.69, 9.17) is 5.73 Å². The van der Waals surface area contributed by atoms with Crippen LogP contribution in [0.4, 0.5) is 0 Å². The summed E-state index contributed by atoms with van der Waals surface area (Å²) >= 11 is 0. The van der Waals surface area contributed by atoms with Crippen LogP contribution in [0.2, 0.25) is 0 Å². The molecule has 1 rings (SSSR count). The van der Waals surface area contributed by atoms with Gasteiger partial charge in [0.2, 0.25) is 0 Å². The molecule has 0 atom stereocenters. The molecule has 0 heterocycles. The number of nitrogens with two attached hydrogens (primary N) is 1. The molecule has 2 heteroatoms. The summed E-state index contributed by atoms with van der Waals surface area (Å²) in [5, 5.41) is 3.46. The van der Waals surface area contributed by atoms with E-state index < -0.39 is 0 Å². The predicted octanol–water partition coefficient (Wildman–Crippen LogP) is 2.88. The topological polar surface area (TPSA) is 38.0 Å². The average molecular weight is 234 g/mol. The summed E-state index contributed by atoms with van der Waals surface area (Å²) in [4.78, 5) is 0. The monoisotopic (exact) mass is 234 g/mol. The first kappa shape index (κ1) is 14.2. The van der Waals surface area contributed by atoms with Crippen LogP contribution in [0, 0.1) is 5.41 Å². The fourth-order valence-corrected chi connectivity index (χ4v) is 1.64. The van der Waals surface area contributed by atoms with Gasteiger partial charge in [-0.05, 0) is 29.0 Å². The fourth-order valence-electron chi connectivity index (χ4n) is 1.64. The summed E-state index contributed by atoms with van der Waals surface area (Å²) in [5.74, 6) is 0.605. The molecule has 0 radical (unpaired) electrons. The first-order valence-corrected chi connectivity index (χ1v) is 6.44. The highest BCUT2D eigenvalue weighted by molar-refractivity contribution is 5.24. The molecule has 2 nitrogen and oxygen atoms in total. The Kier molecular flexibility index (Phi) is 5.16. The van der Waals surface area contributed by atoms with Crippen LogP contribution in [0.5, 0.6) is 0 Å². The molecule has 0 spiro atoms. The second kappa shape index (κ2) is 6.18. The van der Waals surface area contributed by atoms with Crippen molar-refractivity contribution >= 4 is 0 Å². The van der Waals surface area contributed by atoms with Gasteiger partial charge in [-0.1, -0.05) is 52.0 Å². The molecule has 3 N–H and O–H groups in total. The van der Waals surface area contributed by atoms with E-state index in [0.717, 1.165) is 13.1 Å². The van der Waals surface area contributed by atoms with E-state index in [1.54, 1.807) is 0 Å². The molecule has 0 bridgehead atoms. The van der Waals surface area contributed by atoms with Gasteiger partial charge in [-0.2, -0.15) is 0 Å². The second-order valence-corrected chi connectivity index (χ2v) is 5.87. The van der Waals surface area contributed by atoms with Gasteiger partial charge in [0.05, 0.1) is 0 Å². The van der Waals surface area contributed by atoms with Crippen molar-refractivity contribution in [3.8, 4) is 0 Å². The van der Waals surface area contributed by atoms with Gasteiger partial charge in [-0.15, -0.1) is 0 Å². The molecule has 17 heavy (non-hydrogen) atoms. The van der Waals surface area contributed by atoms with Crippen molar-refractivity contribution < 1.29 is 0 Å². The Bertz CT molecular complexity index is 325. The maximum absolute atomic E-state index is 5.70. The van der Waals surface area contributed by atoms with E-state index in [1.165, 1.54) is 11.1 Å². The maximum atomic E-state index is 5.70. The van der Waals surface area contributed by atoms with Crippen molar-refractivity contribution in [1.82, 2.24) is 5.32 Å². The number of rotatable bonds is 6. The van der Waals surface area contributed by atoms with Gasteiger partial charge in [-0.3, -0.25) is 0 Å². The van der Waals surface area contributed by atoms with Crippen LogP contribution in [0.25, 0.3) is 0 Å². The van der Waals surface area contributed by atoms with E-state index in [0.29, 0.717) is 12.5 Å². The third-order valence-corrected chi connectivity index (χ3v) is 3.13. The molecule has 1 aromatic carbocycles. The number of nitrogens with one attached hydrogen (secondary N) is 1. The zero-order valence-electron chi connectivity index (χ0n) is 11.6. The zero-order valence-corrected chi connectivity index (χ0v) is 11.6. The van der Waals surface area contributed by atoms with Crippen LogP contribution >= 0.6 is 0 Å². The third kappa shape index (κ3) is 4.88. The fraction of sp³-hybridized carbons (Fsp3) is 0.600. The quantitative estimate of drug-likeness (QED) is 0.794. The lowest BCUT2D eigenvalue weighted by Gasteiger charge is -2.22. The van der Waals surface area contributed by atoms with Crippen molar-refractivity contribution in [2.24, 2.45) is 11.1 Å². The first-order valence-electron chi connectivity index (χ1n) is 6.44. The van der Waals surface area contributed by atoms with Crippen LogP contribution in [-0.4, -0.2) is 13.1 Å². The average Bonchev–Trinajstić information content (AvgIpc) is 2.29.